The van der Waals surface area contributed by atoms with Crippen molar-refractivity contribution in [2.45, 2.75) is 45.6 Å². The highest BCUT2D eigenvalue weighted by Gasteiger charge is 2.22. The summed E-state index contributed by atoms with van der Waals surface area (Å²) in [5.41, 5.74) is 1.00. The van der Waals surface area contributed by atoms with Gasteiger partial charge in [-0.25, -0.2) is 4.79 Å². The van der Waals surface area contributed by atoms with E-state index >= 15 is 0 Å². The minimum absolute atomic E-state index is 0.0964. The van der Waals surface area contributed by atoms with Crippen LogP contribution in [0.4, 0.5) is 0 Å². The van der Waals surface area contributed by atoms with Crippen LogP contribution in [0.25, 0.3) is 0 Å². The number of benzene rings is 1. The molecule has 0 radical (unpaired) electrons. The molecule has 0 aliphatic heterocycles. The molecule has 0 unspecified atom stereocenters. The van der Waals surface area contributed by atoms with Gasteiger partial charge in [-0.2, -0.15) is 0 Å². The summed E-state index contributed by atoms with van der Waals surface area (Å²) < 4.78 is 5.03. The van der Waals surface area contributed by atoms with E-state index < -0.39 is 6.04 Å². The predicted octanol–water partition coefficient (Wildman–Crippen LogP) is 2.47. The third-order valence-corrected chi connectivity index (χ3v) is 2.95. The Bertz CT molecular complexity index is 417. The zero-order valence-electron chi connectivity index (χ0n) is 12.2. The van der Waals surface area contributed by atoms with Crippen LogP contribution >= 0.6 is 0 Å². The molecule has 1 rings (SSSR count). The molecule has 1 atom stereocenters. The molecule has 1 amide bonds. The van der Waals surface area contributed by atoms with Crippen LogP contribution in [0.1, 0.15) is 38.7 Å². The van der Waals surface area contributed by atoms with Crippen molar-refractivity contribution in [2.75, 3.05) is 6.61 Å². The molecule has 0 bridgehead atoms. The zero-order valence-corrected chi connectivity index (χ0v) is 12.2. The normalized spacial score (nSPS) is 11.7. The van der Waals surface area contributed by atoms with Gasteiger partial charge >= 0.3 is 5.97 Å². The van der Waals surface area contributed by atoms with E-state index in [9.17, 15) is 9.59 Å². The molecular formula is C16H23NO3. The van der Waals surface area contributed by atoms with Crippen molar-refractivity contribution in [3.8, 4) is 0 Å². The maximum Gasteiger partial charge on any atom is 0.328 e. The molecule has 4 heteroatoms. The average molecular weight is 277 g/mol. The summed E-state index contributed by atoms with van der Waals surface area (Å²) in [6, 6.07) is 9.01. The minimum atomic E-state index is -0.610. The highest BCUT2D eigenvalue weighted by molar-refractivity contribution is 5.84. The van der Waals surface area contributed by atoms with Gasteiger partial charge in [0.05, 0.1) is 6.61 Å². The summed E-state index contributed by atoms with van der Waals surface area (Å²) in [6.45, 7) is 4.10. The van der Waals surface area contributed by atoms with Gasteiger partial charge in [0.2, 0.25) is 5.91 Å². The third kappa shape index (κ3) is 5.87. The van der Waals surface area contributed by atoms with Crippen LogP contribution in [0.15, 0.2) is 30.3 Å². The van der Waals surface area contributed by atoms with E-state index in [2.05, 4.69) is 5.32 Å². The van der Waals surface area contributed by atoms with Crippen molar-refractivity contribution in [3.63, 3.8) is 0 Å². The van der Waals surface area contributed by atoms with Crippen molar-refractivity contribution in [2.24, 2.45) is 0 Å². The largest absolute Gasteiger partial charge is 0.464 e. The first-order valence-corrected chi connectivity index (χ1v) is 7.17. The number of hydrogen-bond acceptors (Lipinski definition) is 3. The monoisotopic (exact) mass is 277 g/mol. The smallest absolute Gasteiger partial charge is 0.328 e. The van der Waals surface area contributed by atoms with Gasteiger partial charge in [0.1, 0.15) is 6.04 Å². The summed E-state index contributed by atoms with van der Waals surface area (Å²) in [5, 5.41) is 2.77. The van der Waals surface area contributed by atoms with Gasteiger partial charge in [0.25, 0.3) is 0 Å². The predicted molar refractivity (Wildman–Crippen MR) is 78.2 cm³/mol. The first-order valence-electron chi connectivity index (χ1n) is 7.17. The molecule has 0 saturated carbocycles. The maximum atomic E-state index is 11.9. The highest BCUT2D eigenvalue weighted by Crippen LogP contribution is 2.06. The molecule has 1 aromatic carbocycles. The number of nitrogens with one attached hydrogen (secondary N) is 1. The van der Waals surface area contributed by atoms with E-state index in [4.69, 9.17) is 4.74 Å². The molecule has 0 spiro atoms. The second-order valence-corrected chi connectivity index (χ2v) is 4.67. The summed E-state index contributed by atoms with van der Waals surface area (Å²) in [7, 11) is 0. The number of hydrogen-bond donors (Lipinski definition) is 1. The Balaban J connectivity index is 2.65. The van der Waals surface area contributed by atoms with Gasteiger partial charge in [-0.3, -0.25) is 4.79 Å². The fourth-order valence-electron chi connectivity index (χ4n) is 1.89. The first-order chi connectivity index (χ1) is 9.67. The molecule has 0 aliphatic rings. The lowest BCUT2D eigenvalue weighted by Gasteiger charge is -2.17. The van der Waals surface area contributed by atoms with E-state index in [1.165, 1.54) is 0 Å². The Hall–Kier alpha value is -1.84. The second-order valence-electron chi connectivity index (χ2n) is 4.67. The lowest BCUT2D eigenvalue weighted by molar-refractivity contribution is -0.147. The zero-order chi connectivity index (χ0) is 14.8. The molecule has 0 fully saturated rings. The van der Waals surface area contributed by atoms with Gasteiger partial charge < -0.3 is 10.1 Å². The molecule has 4 nitrogen and oxygen atoms in total. The minimum Gasteiger partial charge on any atom is -0.464 e. The summed E-state index contributed by atoms with van der Waals surface area (Å²) in [5.74, 6) is -0.470. The van der Waals surface area contributed by atoms with Crippen molar-refractivity contribution >= 4 is 11.9 Å². The van der Waals surface area contributed by atoms with E-state index in [1.54, 1.807) is 6.92 Å². The van der Waals surface area contributed by atoms with Crippen LogP contribution in [0.5, 0.6) is 0 Å². The topological polar surface area (TPSA) is 55.4 Å². The third-order valence-electron chi connectivity index (χ3n) is 2.95. The van der Waals surface area contributed by atoms with E-state index in [-0.39, 0.29) is 11.9 Å². The van der Waals surface area contributed by atoms with Crippen molar-refractivity contribution in [1.82, 2.24) is 5.32 Å². The SMILES string of the molecule is CCCCC(=O)N[C@@H](Cc1ccccc1)C(=O)OCC. The average Bonchev–Trinajstić information content (AvgIpc) is 2.46. The highest BCUT2D eigenvalue weighted by atomic mass is 16.5. The Kier molecular flexibility index (Phi) is 7.40. The molecule has 110 valence electrons. The van der Waals surface area contributed by atoms with E-state index in [0.29, 0.717) is 19.4 Å². The Morgan fingerprint density at radius 3 is 2.50 bits per heavy atom. The van der Waals surface area contributed by atoms with Gasteiger partial charge in [-0.1, -0.05) is 43.7 Å². The first kappa shape index (κ1) is 16.2. The van der Waals surface area contributed by atoms with Gasteiger partial charge in [-0.15, -0.1) is 0 Å². The molecule has 0 heterocycles. The second kappa shape index (κ2) is 9.13. The number of ether oxygens (including phenoxy) is 1. The van der Waals surface area contributed by atoms with Crippen LogP contribution in [-0.2, 0) is 20.7 Å². The van der Waals surface area contributed by atoms with Crippen molar-refractivity contribution in [3.05, 3.63) is 35.9 Å². The van der Waals surface area contributed by atoms with Crippen LogP contribution in [0.3, 0.4) is 0 Å². The van der Waals surface area contributed by atoms with Crippen LogP contribution in [-0.4, -0.2) is 24.5 Å². The van der Waals surface area contributed by atoms with Crippen LogP contribution in [0, 0.1) is 0 Å². The number of carbonyl (C=O) groups excluding carboxylic acids is 2. The Morgan fingerprint density at radius 2 is 1.90 bits per heavy atom. The number of esters is 1. The Labute approximate surface area is 120 Å². The van der Waals surface area contributed by atoms with E-state index in [1.807, 2.05) is 37.3 Å². The summed E-state index contributed by atoms with van der Waals surface area (Å²) in [6.07, 6.45) is 2.68. The molecule has 0 saturated heterocycles. The summed E-state index contributed by atoms with van der Waals surface area (Å²) in [4.78, 5) is 23.7. The summed E-state index contributed by atoms with van der Waals surface area (Å²) >= 11 is 0. The molecular weight excluding hydrogens is 254 g/mol. The van der Waals surface area contributed by atoms with Crippen molar-refractivity contribution < 1.29 is 14.3 Å². The Morgan fingerprint density at radius 1 is 1.20 bits per heavy atom. The van der Waals surface area contributed by atoms with Crippen molar-refractivity contribution in [1.29, 1.82) is 0 Å². The lowest BCUT2D eigenvalue weighted by Crippen LogP contribution is -2.43. The lowest BCUT2D eigenvalue weighted by atomic mass is 10.1. The van der Waals surface area contributed by atoms with Gasteiger partial charge in [0, 0.05) is 12.8 Å². The van der Waals surface area contributed by atoms with Gasteiger partial charge in [0.15, 0.2) is 0 Å². The van der Waals surface area contributed by atoms with E-state index in [0.717, 1.165) is 18.4 Å². The standard InChI is InChI=1S/C16H23NO3/c1-3-5-11-15(18)17-14(16(19)20-4-2)12-13-9-7-6-8-10-13/h6-10,14H,3-5,11-12H2,1-2H3,(H,17,18)/t14-/m0/s1. The fourth-order valence-corrected chi connectivity index (χ4v) is 1.89. The van der Waals surface area contributed by atoms with Crippen LogP contribution < -0.4 is 5.32 Å². The molecule has 1 N–H and O–H groups in total. The van der Waals surface area contributed by atoms with Gasteiger partial charge in [-0.05, 0) is 18.9 Å². The molecule has 20 heavy (non-hydrogen) atoms. The fraction of sp³-hybridized carbons (Fsp3) is 0.500. The maximum absolute atomic E-state index is 11.9. The van der Waals surface area contributed by atoms with Crippen LogP contribution in [0.2, 0.25) is 0 Å². The molecule has 0 aliphatic carbocycles. The number of carbonyl (C=O) groups is 2. The number of rotatable bonds is 8. The number of amides is 1. The quantitative estimate of drug-likeness (QED) is 0.743. The molecule has 0 aromatic heterocycles. The molecule has 1 aromatic rings. The number of unbranched alkanes of at least 4 members (excludes halogenated alkanes) is 1.